The SMILES string of the molecule is CCn1c(=O)n(CC(=O)N2CCC[C@H](CN3CCOCC3)C2)c2ccccc21. The van der Waals surface area contributed by atoms with Crippen LogP contribution < -0.4 is 5.69 Å². The van der Waals surface area contributed by atoms with E-state index in [1.165, 1.54) is 0 Å². The van der Waals surface area contributed by atoms with E-state index in [0.29, 0.717) is 12.5 Å². The minimum Gasteiger partial charge on any atom is -0.379 e. The van der Waals surface area contributed by atoms with Crippen molar-refractivity contribution in [1.29, 1.82) is 0 Å². The first-order valence-corrected chi connectivity index (χ1v) is 10.4. The third-order valence-corrected chi connectivity index (χ3v) is 6.03. The van der Waals surface area contributed by atoms with Gasteiger partial charge in [0.15, 0.2) is 0 Å². The van der Waals surface area contributed by atoms with Crippen molar-refractivity contribution < 1.29 is 9.53 Å². The highest BCUT2D eigenvalue weighted by molar-refractivity contribution is 5.81. The van der Waals surface area contributed by atoms with E-state index in [1.54, 1.807) is 9.13 Å². The van der Waals surface area contributed by atoms with Crippen molar-refractivity contribution in [3.8, 4) is 0 Å². The van der Waals surface area contributed by atoms with Gasteiger partial charge in [0, 0.05) is 39.3 Å². The summed E-state index contributed by atoms with van der Waals surface area (Å²) in [5.41, 5.74) is 1.63. The molecule has 0 unspecified atom stereocenters. The quantitative estimate of drug-likeness (QED) is 0.779. The average molecular weight is 386 g/mol. The molecule has 28 heavy (non-hydrogen) atoms. The van der Waals surface area contributed by atoms with Gasteiger partial charge in [0.05, 0.1) is 24.2 Å². The van der Waals surface area contributed by atoms with Crippen LogP contribution in [0.25, 0.3) is 11.0 Å². The Labute approximate surface area is 165 Å². The van der Waals surface area contributed by atoms with E-state index in [9.17, 15) is 9.59 Å². The molecule has 1 amide bonds. The Morgan fingerprint density at radius 3 is 2.54 bits per heavy atom. The maximum atomic E-state index is 13.0. The molecule has 1 atom stereocenters. The number of rotatable bonds is 5. The minimum atomic E-state index is -0.0982. The first kappa shape index (κ1) is 19.2. The van der Waals surface area contributed by atoms with Gasteiger partial charge in [-0.05, 0) is 37.8 Å². The molecule has 0 N–H and O–H groups in total. The number of piperidine rings is 1. The molecule has 0 bridgehead atoms. The molecule has 0 saturated carbocycles. The number of imidazole rings is 1. The summed E-state index contributed by atoms with van der Waals surface area (Å²) in [7, 11) is 0. The van der Waals surface area contributed by atoms with Crippen LogP contribution in [0.3, 0.4) is 0 Å². The van der Waals surface area contributed by atoms with Crippen LogP contribution in [0.1, 0.15) is 19.8 Å². The summed E-state index contributed by atoms with van der Waals surface area (Å²) in [6.45, 7) is 8.87. The normalized spacial score (nSPS) is 21.3. The van der Waals surface area contributed by atoms with Crippen LogP contribution in [-0.4, -0.2) is 70.8 Å². The fraction of sp³-hybridized carbons (Fsp3) is 0.619. The molecule has 4 rings (SSSR count). The molecule has 3 heterocycles. The summed E-state index contributed by atoms with van der Waals surface area (Å²) in [5, 5.41) is 0. The van der Waals surface area contributed by atoms with E-state index >= 15 is 0 Å². The standard InChI is InChI=1S/C21H30N4O3/c1-2-24-18-7-3-4-8-19(18)25(21(24)27)16-20(26)23-9-5-6-17(15-23)14-22-10-12-28-13-11-22/h3-4,7-8,17H,2,5-6,9-16H2,1H3/t17-/m1/s1. The van der Waals surface area contributed by atoms with Crippen molar-refractivity contribution in [3.63, 3.8) is 0 Å². The highest BCUT2D eigenvalue weighted by Crippen LogP contribution is 2.19. The lowest BCUT2D eigenvalue weighted by molar-refractivity contribution is -0.133. The number of morpholine rings is 1. The Hall–Kier alpha value is -2.12. The first-order valence-electron chi connectivity index (χ1n) is 10.4. The van der Waals surface area contributed by atoms with Crippen LogP contribution in [0.2, 0.25) is 0 Å². The van der Waals surface area contributed by atoms with E-state index in [1.807, 2.05) is 36.1 Å². The lowest BCUT2D eigenvalue weighted by Crippen LogP contribution is -2.47. The zero-order chi connectivity index (χ0) is 19.5. The molecule has 2 aliphatic rings. The van der Waals surface area contributed by atoms with Gasteiger partial charge in [0.2, 0.25) is 5.91 Å². The number of hydrogen-bond acceptors (Lipinski definition) is 4. The molecule has 1 aromatic carbocycles. The van der Waals surface area contributed by atoms with Crippen LogP contribution in [0.5, 0.6) is 0 Å². The number of ether oxygens (including phenoxy) is 1. The summed E-state index contributed by atoms with van der Waals surface area (Å²) in [4.78, 5) is 30.2. The molecule has 2 fully saturated rings. The summed E-state index contributed by atoms with van der Waals surface area (Å²) in [6, 6.07) is 7.72. The zero-order valence-electron chi connectivity index (χ0n) is 16.7. The van der Waals surface area contributed by atoms with Gasteiger partial charge in [0.1, 0.15) is 6.54 Å². The van der Waals surface area contributed by atoms with Crippen molar-refractivity contribution in [2.75, 3.05) is 45.9 Å². The number of carbonyl (C=O) groups is 1. The number of hydrogen-bond donors (Lipinski definition) is 0. The third kappa shape index (κ3) is 3.86. The first-order chi connectivity index (χ1) is 13.7. The Morgan fingerprint density at radius 2 is 1.82 bits per heavy atom. The van der Waals surface area contributed by atoms with Gasteiger partial charge < -0.3 is 9.64 Å². The number of benzene rings is 1. The summed E-state index contributed by atoms with van der Waals surface area (Å²) >= 11 is 0. The third-order valence-electron chi connectivity index (χ3n) is 6.03. The zero-order valence-corrected chi connectivity index (χ0v) is 16.7. The molecule has 0 radical (unpaired) electrons. The second kappa shape index (κ2) is 8.49. The molecule has 0 aliphatic carbocycles. The fourth-order valence-electron chi connectivity index (χ4n) is 4.56. The van der Waals surface area contributed by atoms with E-state index in [-0.39, 0.29) is 18.1 Å². The number of likely N-dealkylation sites (tertiary alicyclic amines) is 1. The molecule has 7 nitrogen and oxygen atoms in total. The van der Waals surface area contributed by atoms with E-state index in [4.69, 9.17) is 4.74 Å². The maximum absolute atomic E-state index is 13.0. The highest BCUT2D eigenvalue weighted by atomic mass is 16.5. The Morgan fingerprint density at radius 1 is 1.11 bits per heavy atom. The van der Waals surface area contributed by atoms with E-state index in [0.717, 1.165) is 69.8 Å². The lowest BCUT2D eigenvalue weighted by Gasteiger charge is -2.36. The largest absolute Gasteiger partial charge is 0.379 e. The van der Waals surface area contributed by atoms with Gasteiger partial charge in [-0.25, -0.2) is 4.79 Å². The van der Waals surface area contributed by atoms with Crippen molar-refractivity contribution in [2.24, 2.45) is 5.92 Å². The molecule has 2 saturated heterocycles. The van der Waals surface area contributed by atoms with Gasteiger partial charge in [-0.15, -0.1) is 0 Å². The van der Waals surface area contributed by atoms with Gasteiger partial charge in [-0.2, -0.15) is 0 Å². The molecule has 2 aliphatic heterocycles. The van der Waals surface area contributed by atoms with Gasteiger partial charge in [-0.1, -0.05) is 12.1 Å². The Kier molecular flexibility index (Phi) is 5.82. The monoisotopic (exact) mass is 386 g/mol. The lowest BCUT2D eigenvalue weighted by atomic mass is 9.97. The second-order valence-electron chi connectivity index (χ2n) is 7.86. The number of aromatic nitrogens is 2. The number of amides is 1. The maximum Gasteiger partial charge on any atom is 0.329 e. The summed E-state index contributed by atoms with van der Waals surface area (Å²) < 4.78 is 8.80. The molecule has 0 spiro atoms. The van der Waals surface area contributed by atoms with Crippen LogP contribution in [-0.2, 0) is 22.6 Å². The fourth-order valence-corrected chi connectivity index (χ4v) is 4.56. The highest BCUT2D eigenvalue weighted by Gasteiger charge is 2.26. The van der Waals surface area contributed by atoms with Crippen LogP contribution >= 0.6 is 0 Å². The van der Waals surface area contributed by atoms with Gasteiger partial charge in [-0.3, -0.25) is 18.8 Å². The molecule has 1 aromatic heterocycles. The Bertz CT molecular complexity index is 881. The second-order valence-corrected chi connectivity index (χ2v) is 7.86. The van der Waals surface area contributed by atoms with Crippen molar-refractivity contribution in [1.82, 2.24) is 18.9 Å². The van der Waals surface area contributed by atoms with E-state index < -0.39 is 0 Å². The van der Waals surface area contributed by atoms with Crippen LogP contribution in [0.4, 0.5) is 0 Å². The number of nitrogens with zero attached hydrogens (tertiary/aromatic N) is 4. The number of fused-ring (bicyclic) bond motifs is 1. The summed E-state index contributed by atoms with van der Waals surface area (Å²) in [5.74, 6) is 0.553. The Balaban J connectivity index is 1.45. The smallest absolute Gasteiger partial charge is 0.329 e. The predicted octanol–water partition coefficient (Wildman–Crippen LogP) is 1.39. The number of carbonyl (C=O) groups excluding carboxylic acids is 1. The van der Waals surface area contributed by atoms with Crippen molar-refractivity contribution >= 4 is 16.9 Å². The number of aryl methyl sites for hydroxylation is 1. The van der Waals surface area contributed by atoms with Crippen LogP contribution in [0, 0.1) is 5.92 Å². The average Bonchev–Trinajstić information content (AvgIpc) is 3.00. The molecule has 152 valence electrons. The van der Waals surface area contributed by atoms with Crippen molar-refractivity contribution in [3.05, 3.63) is 34.7 Å². The van der Waals surface area contributed by atoms with Crippen LogP contribution in [0.15, 0.2) is 29.1 Å². The van der Waals surface area contributed by atoms with Gasteiger partial charge >= 0.3 is 5.69 Å². The molecular formula is C21H30N4O3. The molecular weight excluding hydrogens is 356 g/mol. The van der Waals surface area contributed by atoms with Gasteiger partial charge in [0.25, 0.3) is 0 Å². The molecule has 7 heteroatoms. The minimum absolute atomic E-state index is 0.0489. The topological polar surface area (TPSA) is 59.7 Å². The van der Waals surface area contributed by atoms with Crippen molar-refractivity contribution in [2.45, 2.75) is 32.9 Å². The summed E-state index contributed by atoms with van der Waals surface area (Å²) in [6.07, 6.45) is 2.20. The van der Waals surface area contributed by atoms with E-state index in [2.05, 4.69) is 4.90 Å². The number of para-hydroxylation sites is 2. The predicted molar refractivity (Wildman–Crippen MR) is 108 cm³/mol. The molecule has 2 aromatic rings.